The van der Waals surface area contributed by atoms with Gasteiger partial charge in [-0.1, -0.05) is 40.9 Å². The summed E-state index contributed by atoms with van der Waals surface area (Å²) in [6.07, 6.45) is 1.01. The molecule has 7 nitrogen and oxygen atoms in total. The summed E-state index contributed by atoms with van der Waals surface area (Å²) in [7, 11) is -3.86. The van der Waals surface area contributed by atoms with Crippen LogP contribution in [0.1, 0.15) is 38.8 Å². The molecule has 1 N–H and O–H groups in total. The van der Waals surface area contributed by atoms with Crippen molar-refractivity contribution in [2.45, 2.75) is 52.7 Å². The van der Waals surface area contributed by atoms with Crippen molar-refractivity contribution in [2.24, 2.45) is 0 Å². The van der Waals surface area contributed by atoms with Crippen LogP contribution in [0.4, 0.5) is 5.69 Å². The summed E-state index contributed by atoms with van der Waals surface area (Å²) in [5, 5.41) is 3.95. The minimum atomic E-state index is -3.86. The molecule has 0 aromatic heterocycles. The molecule has 0 aliphatic carbocycles. The van der Waals surface area contributed by atoms with E-state index in [0.29, 0.717) is 31.9 Å². The van der Waals surface area contributed by atoms with Gasteiger partial charge in [0.05, 0.1) is 11.9 Å². The molecule has 0 fully saturated rings. The molecule has 2 amide bonds. The van der Waals surface area contributed by atoms with E-state index < -0.39 is 40.0 Å². The van der Waals surface area contributed by atoms with E-state index in [1.165, 1.54) is 11.0 Å². The van der Waals surface area contributed by atoms with Crippen molar-refractivity contribution in [1.29, 1.82) is 0 Å². The van der Waals surface area contributed by atoms with Crippen molar-refractivity contribution in [1.82, 2.24) is 10.2 Å². The third kappa shape index (κ3) is 8.00. The molecule has 1 atom stereocenters. The molecule has 0 bridgehead atoms. The van der Waals surface area contributed by atoms with Gasteiger partial charge < -0.3 is 10.2 Å². The molecule has 0 saturated carbocycles. The van der Waals surface area contributed by atoms with Crippen molar-refractivity contribution in [3.63, 3.8) is 0 Å². The molecular weight excluding hydrogens is 533 g/mol. The Labute approximate surface area is 222 Å². The Balaban J connectivity index is 2.50. The Morgan fingerprint density at radius 3 is 2.11 bits per heavy atom. The molecule has 35 heavy (non-hydrogen) atoms. The summed E-state index contributed by atoms with van der Waals surface area (Å²) in [4.78, 5) is 27.9. The number of anilines is 1. The van der Waals surface area contributed by atoms with Crippen LogP contribution < -0.4 is 9.62 Å². The zero-order chi connectivity index (χ0) is 26.7. The van der Waals surface area contributed by atoms with Crippen LogP contribution in [0.25, 0.3) is 0 Å². The highest BCUT2D eigenvalue weighted by Crippen LogP contribution is 2.28. The van der Waals surface area contributed by atoms with Crippen molar-refractivity contribution in [3.05, 3.63) is 62.6 Å². The minimum Gasteiger partial charge on any atom is -0.350 e. The zero-order valence-corrected chi connectivity index (χ0v) is 23.6. The highest BCUT2D eigenvalue weighted by Gasteiger charge is 2.32. The number of aryl methyl sites for hydroxylation is 1. The van der Waals surface area contributed by atoms with E-state index in [2.05, 4.69) is 5.32 Å². The Morgan fingerprint density at radius 2 is 1.63 bits per heavy atom. The van der Waals surface area contributed by atoms with Crippen LogP contribution in [-0.4, -0.2) is 49.5 Å². The molecule has 2 aromatic rings. The van der Waals surface area contributed by atoms with Crippen LogP contribution in [-0.2, 0) is 26.2 Å². The van der Waals surface area contributed by atoms with Crippen molar-refractivity contribution >= 4 is 62.3 Å². The molecule has 0 aliphatic heterocycles. The lowest BCUT2D eigenvalue weighted by molar-refractivity contribution is -0.140. The molecule has 0 spiro atoms. The van der Waals surface area contributed by atoms with Gasteiger partial charge in [0.25, 0.3) is 0 Å². The number of halogens is 3. The van der Waals surface area contributed by atoms with Gasteiger partial charge in [0, 0.05) is 32.7 Å². The monoisotopic (exact) mass is 561 g/mol. The number of nitrogens with zero attached hydrogens (tertiary/aromatic N) is 2. The maximum atomic E-state index is 13.6. The number of amides is 2. The van der Waals surface area contributed by atoms with Gasteiger partial charge in [0.2, 0.25) is 21.8 Å². The normalized spacial score (nSPS) is 12.7. The number of rotatable bonds is 8. The lowest BCUT2D eigenvalue weighted by Crippen LogP contribution is -2.54. The number of benzene rings is 2. The van der Waals surface area contributed by atoms with Crippen LogP contribution >= 0.6 is 34.8 Å². The molecule has 0 heterocycles. The topological polar surface area (TPSA) is 86.8 Å². The average molecular weight is 563 g/mol. The second-order valence-corrected chi connectivity index (χ2v) is 12.5. The first-order chi connectivity index (χ1) is 16.0. The van der Waals surface area contributed by atoms with Crippen molar-refractivity contribution in [2.75, 3.05) is 17.1 Å². The SMILES string of the molecule is Cc1cc(Cl)ccc1N(CC(=O)N(Cc1c(Cl)cccc1Cl)C(C)C(=O)NC(C)(C)C)S(C)(=O)=O. The summed E-state index contributed by atoms with van der Waals surface area (Å²) in [6.45, 7) is 8.12. The smallest absolute Gasteiger partial charge is 0.244 e. The van der Waals surface area contributed by atoms with E-state index in [4.69, 9.17) is 34.8 Å². The van der Waals surface area contributed by atoms with Crippen LogP contribution in [0.15, 0.2) is 36.4 Å². The summed E-state index contributed by atoms with van der Waals surface area (Å²) in [5.74, 6) is -1.00. The lowest BCUT2D eigenvalue weighted by Gasteiger charge is -2.33. The average Bonchev–Trinajstić information content (AvgIpc) is 2.69. The van der Waals surface area contributed by atoms with E-state index in [1.807, 2.05) is 20.8 Å². The van der Waals surface area contributed by atoms with Gasteiger partial charge in [-0.3, -0.25) is 13.9 Å². The summed E-state index contributed by atoms with van der Waals surface area (Å²) >= 11 is 18.7. The Morgan fingerprint density at radius 1 is 1.06 bits per heavy atom. The Kier molecular flexibility index (Phi) is 9.50. The molecule has 1 unspecified atom stereocenters. The molecule has 192 valence electrons. The van der Waals surface area contributed by atoms with Crippen LogP contribution in [0.5, 0.6) is 0 Å². The highest BCUT2D eigenvalue weighted by molar-refractivity contribution is 7.92. The number of sulfonamides is 1. The first-order valence-corrected chi connectivity index (χ1v) is 13.8. The third-order valence-corrected chi connectivity index (χ3v) is 7.23. The van der Waals surface area contributed by atoms with Gasteiger partial charge in [-0.25, -0.2) is 8.42 Å². The van der Waals surface area contributed by atoms with E-state index in [0.717, 1.165) is 10.6 Å². The van der Waals surface area contributed by atoms with Gasteiger partial charge in [0.15, 0.2) is 0 Å². The molecule has 2 rings (SSSR count). The summed E-state index contributed by atoms with van der Waals surface area (Å²) in [6, 6.07) is 8.69. The second-order valence-electron chi connectivity index (χ2n) is 9.34. The van der Waals surface area contributed by atoms with E-state index in [1.54, 1.807) is 44.2 Å². The largest absolute Gasteiger partial charge is 0.350 e. The van der Waals surface area contributed by atoms with E-state index in [-0.39, 0.29) is 6.54 Å². The first kappa shape index (κ1) is 29.2. The standard InChI is InChI=1S/C24H30Cl3N3O4S/c1-15-12-17(25)10-11-21(15)30(35(6,33)34)14-22(31)29(16(2)23(32)28-24(3,4)5)13-18-19(26)8-7-9-20(18)27/h7-12,16H,13-14H2,1-6H3,(H,28,32). The fourth-order valence-corrected chi connectivity index (χ4v) is 5.05. The predicted molar refractivity (Wildman–Crippen MR) is 143 cm³/mol. The van der Waals surface area contributed by atoms with E-state index in [9.17, 15) is 18.0 Å². The maximum absolute atomic E-state index is 13.6. The van der Waals surface area contributed by atoms with Gasteiger partial charge >= 0.3 is 0 Å². The molecule has 0 saturated heterocycles. The van der Waals surface area contributed by atoms with Crippen LogP contribution in [0.3, 0.4) is 0 Å². The fourth-order valence-electron chi connectivity index (χ4n) is 3.40. The van der Waals surface area contributed by atoms with Gasteiger partial charge in [-0.15, -0.1) is 0 Å². The Hall–Kier alpha value is -2.00. The second kappa shape index (κ2) is 11.4. The van der Waals surface area contributed by atoms with Crippen LogP contribution in [0, 0.1) is 6.92 Å². The molecule has 2 aromatic carbocycles. The first-order valence-electron chi connectivity index (χ1n) is 10.8. The van der Waals surface area contributed by atoms with Gasteiger partial charge in [-0.05, 0) is 70.5 Å². The van der Waals surface area contributed by atoms with Crippen molar-refractivity contribution in [3.8, 4) is 0 Å². The quantitative estimate of drug-likeness (QED) is 0.488. The van der Waals surface area contributed by atoms with E-state index >= 15 is 0 Å². The highest BCUT2D eigenvalue weighted by atomic mass is 35.5. The van der Waals surface area contributed by atoms with Crippen molar-refractivity contribution < 1.29 is 18.0 Å². The number of hydrogen-bond acceptors (Lipinski definition) is 4. The number of carbonyl (C=O) groups excluding carboxylic acids is 2. The summed E-state index contributed by atoms with van der Waals surface area (Å²) in [5.41, 5.74) is 0.803. The molecule has 0 aliphatic rings. The lowest BCUT2D eigenvalue weighted by atomic mass is 10.1. The minimum absolute atomic E-state index is 0.0900. The maximum Gasteiger partial charge on any atom is 0.244 e. The fraction of sp³-hybridized carbons (Fsp3) is 0.417. The van der Waals surface area contributed by atoms with Gasteiger partial charge in [0.1, 0.15) is 12.6 Å². The number of nitrogens with one attached hydrogen (secondary N) is 1. The predicted octanol–water partition coefficient (Wildman–Crippen LogP) is 5.05. The Bertz CT molecular complexity index is 1190. The van der Waals surface area contributed by atoms with Gasteiger partial charge in [-0.2, -0.15) is 0 Å². The summed E-state index contributed by atoms with van der Waals surface area (Å²) < 4.78 is 26.4. The molecule has 0 radical (unpaired) electrons. The van der Waals surface area contributed by atoms with Crippen LogP contribution in [0.2, 0.25) is 15.1 Å². The molecular formula is C24H30Cl3N3O4S. The number of carbonyl (C=O) groups is 2. The number of hydrogen-bond donors (Lipinski definition) is 1. The zero-order valence-electron chi connectivity index (χ0n) is 20.5. The third-order valence-electron chi connectivity index (χ3n) is 5.16. The molecule has 11 heteroatoms.